The van der Waals surface area contributed by atoms with Crippen LogP contribution >= 0.6 is 7.80 Å². The van der Waals surface area contributed by atoms with Crippen LogP contribution in [0.5, 0.6) is 0 Å². The Morgan fingerprint density at radius 3 is 2.26 bits per heavy atom. The van der Waals surface area contributed by atoms with Gasteiger partial charge in [-0.05, 0) is 29.7 Å². The average Bonchev–Trinajstić information content (AvgIpc) is 2.60. The molecule has 0 saturated heterocycles. The molecule has 4 rings (SSSR count). The molecule has 3 heteroatoms. The largest absolute Gasteiger partial charge is 0.459 e. The van der Waals surface area contributed by atoms with Gasteiger partial charge in [-0.25, -0.2) is 4.79 Å². The second kappa shape index (κ2) is 5.57. The smallest absolute Gasteiger partial charge is 0.234 e. The van der Waals surface area contributed by atoms with Crippen LogP contribution in [0.15, 0.2) is 72.8 Å². The number of hydrogen-bond acceptors (Lipinski definition) is 2. The molecule has 0 radical (unpaired) electrons. The number of rotatable bonds is 2. The monoisotopic (exact) mass is 317 g/mol. The van der Waals surface area contributed by atoms with Crippen molar-refractivity contribution in [2.24, 2.45) is 0 Å². The van der Waals surface area contributed by atoms with Gasteiger partial charge in [-0.1, -0.05) is 65.2 Å². The fraction of sp³-hybridized carbons (Fsp3) is 0.0500. The number of carbonyl (C=O) groups is 1. The standard InChI is InChI=1S/C20H14O2P/c21-20-19-15(13-14-7-2-1-3-8-14)9-6-11-17(19)16-10-4-5-12-18(16)23(20)22/h1-12H,13H2/q+1. The molecular weight excluding hydrogens is 303 g/mol. The number of benzene rings is 3. The Kier molecular flexibility index (Phi) is 3.40. The number of fused-ring (bicyclic) bond motifs is 3. The summed E-state index contributed by atoms with van der Waals surface area (Å²) in [6, 6.07) is 23.4. The lowest BCUT2D eigenvalue weighted by molar-refractivity contribution is 0.107. The molecule has 1 unspecified atom stereocenters. The van der Waals surface area contributed by atoms with Gasteiger partial charge in [0.1, 0.15) is 0 Å². The van der Waals surface area contributed by atoms with Gasteiger partial charge >= 0.3 is 13.3 Å². The van der Waals surface area contributed by atoms with Crippen LogP contribution in [0.2, 0.25) is 0 Å². The van der Waals surface area contributed by atoms with Crippen LogP contribution < -0.4 is 5.30 Å². The summed E-state index contributed by atoms with van der Waals surface area (Å²) >= 11 is 0. The summed E-state index contributed by atoms with van der Waals surface area (Å²) in [6.07, 6.45) is 0.668. The molecule has 0 aromatic heterocycles. The molecule has 3 aromatic rings. The number of hydrogen-bond donors (Lipinski definition) is 0. The average molecular weight is 317 g/mol. The van der Waals surface area contributed by atoms with Crippen molar-refractivity contribution in [2.75, 3.05) is 0 Å². The third kappa shape index (κ3) is 2.32. The summed E-state index contributed by atoms with van der Waals surface area (Å²) in [7, 11) is -2.04. The highest BCUT2D eigenvalue weighted by Gasteiger charge is 2.42. The van der Waals surface area contributed by atoms with Crippen LogP contribution in [0.1, 0.15) is 21.5 Å². The van der Waals surface area contributed by atoms with Crippen molar-refractivity contribution in [2.45, 2.75) is 6.42 Å². The Morgan fingerprint density at radius 2 is 1.43 bits per heavy atom. The normalized spacial score (nSPS) is 14.3. The quantitative estimate of drug-likeness (QED) is 0.650. The fourth-order valence-corrected chi connectivity index (χ4v) is 4.45. The van der Waals surface area contributed by atoms with Gasteiger partial charge in [0.05, 0.1) is 5.56 Å². The molecule has 23 heavy (non-hydrogen) atoms. The van der Waals surface area contributed by atoms with E-state index in [0.29, 0.717) is 17.3 Å². The van der Waals surface area contributed by atoms with Crippen molar-refractivity contribution < 1.29 is 9.36 Å². The minimum Gasteiger partial charge on any atom is -0.234 e. The van der Waals surface area contributed by atoms with Gasteiger partial charge in [0, 0.05) is 11.1 Å². The summed E-state index contributed by atoms with van der Waals surface area (Å²) in [5, 5.41) is 0.650. The van der Waals surface area contributed by atoms with E-state index in [4.69, 9.17) is 0 Å². The zero-order chi connectivity index (χ0) is 15.8. The van der Waals surface area contributed by atoms with Gasteiger partial charge in [-0.2, -0.15) is 0 Å². The van der Waals surface area contributed by atoms with Crippen molar-refractivity contribution in [3.05, 3.63) is 89.5 Å². The molecule has 1 aliphatic heterocycles. The van der Waals surface area contributed by atoms with Gasteiger partial charge in [0.2, 0.25) is 5.30 Å². The minimum absolute atomic E-state index is 0.250. The summed E-state index contributed by atoms with van der Waals surface area (Å²) in [5.41, 5.74) is 4.27. The maximum Gasteiger partial charge on any atom is 0.459 e. The molecule has 0 bridgehead atoms. The van der Waals surface area contributed by atoms with Crippen LogP contribution in [-0.2, 0) is 11.0 Å². The molecule has 0 N–H and O–H groups in total. The fourth-order valence-electron chi connectivity index (χ4n) is 3.13. The summed E-state index contributed by atoms with van der Waals surface area (Å²) in [5.74, 6) is 0. The lowest BCUT2D eigenvalue weighted by Crippen LogP contribution is -2.16. The maximum absolute atomic E-state index is 12.7. The van der Waals surface area contributed by atoms with E-state index in [1.165, 1.54) is 0 Å². The van der Waals surface area contributed by atoms with E-state index in [9.17, 15) is 9.36 Å². The van der Waals surface area contributed by atoms with Gasteiger partial charge in [0.15, 0.2) is 0 Å². The van der Waals surface area contributed by atoms with E-state index in [1.807, 2.05) is 66.7 Å². The van der Waals surface area contributed by atoms with E-state index >= 15 is 0 Å². The van der Waals surface area contributed by atoms with Crippen LogP contribution in [0.3, 0.4) is 0 Å². The maximum atomic E-state index is 12.7. The first kappa shape index (κ1) is 14.0. The third-order valence-electron chi connectivity index (χ3n) is 4.20. The third-order valence-corrected chi connectivity index (χ3v) is 5.62. The molecule has 0 fully saturated rings. The van der Waals surface area contributed by atoms with Crippen LogP contribution in [-0.4, -0.2) is 5.52 Å². The van der Waals surface area contributed by atoms with Gasteiger partial charge in [-0.3, -0.25) is 0 Å². The van der Waals surface area contributed by atoms with E-state index in [2.05, 4.69) is 0 Å². The number of carbonyl (C=O) groups excluding carboxylic acids is 1. The Balaban J connectivity index is 1.91. The van der Waals surface area contributed by atoms with E-state index in [-0.39, 0.29) is 5.52 Å². The Hall–Kier alpha value is -2.57. The van der Waals surface area contributed by atoms with Gasteiger partial charge in [0.25, 0.3) is 0 Å². The summed E-state index contributed by atoms with van der Waals surface area (Å²) in [4.78, 5) is 12.7. The van der Waals surface area contributed by atoms with Crippen LogP contribution in [0, 0.1) is 0 Å². The predicted octanol–water partition coefficient (Wildman–Crippen LogP) is 4.55. The Labute approximate surface area is 135 Å². The van der Waals surface area contributed by atoms with Crippen LogP contribution in [0.4, 0.5) is 0 Å². The summed E-state index contributed by atoms with van der Waals surface area (Å²) < 4.78 is 12.6. The molecule has 2 nitrogen and oxygen atoms in total. The zero-order valence-corrected chi connectivity index (χ0v) is 13.3. The van der Waals surface area contributed by atoms with E-state index < -0.39 is 7.80 Å². The predicted molar refractivity (Wildman–Crippen MR) is 92.7 cm³/mol. The Bertz CT molecular complexity index is 929. The van der Waals surface area contributed by atoms with E-state index in [1.54, 1.807) is 6.07 Å². The molecule has 0 amide bonds. The van der Waals surface area contributed by atoms with Gasteiger partial charge < -0.3 is 0 Å². The first-order valence-corrected chi connectivity index (χ1v) is 8.78. The molecular formula is C20H14O2P+. The van der Waals surface area contributed by atoms with Crippen molar-refractivity contribution in [3.8, 4) is 11.1 Å². The molecule has 1 atom stereocenters. The highest BCUT2D eigenvalue weighted by molar-refractivity contribution is 7.72. The molecule has 1 heterocycles. The van der Waals surface area contributed by atoms with Crippen molar-refractivity contribution >= 4 is 18.6 Å². The lowest BCUT2D eigenvalue weighted by Gasteiger charge is -2.14. The van der Waals surface area contributed by atoms with Crippen molar-refractivity contribution in [3.63, 3.8) is 0 Å². The van der Waals surface area contributed by atoms with Gasteiger partial charge in [-0.15, -0.1) is 0 Å². The highest BCUT2D eigenvalue weighted by atomic mass is 31.1. The van der Waals surface area contributed by atoms with Crippen molar-refractivity contribution in [1.82, 2.24) is 0 Å². The van der Waals surface area contributed by atoms with Crippen molar-refractivity contribution in [1.29, 1.82) is 0 Å². The zero-order valence-electron chi connectivity index (χ0n) is 12.4. The topological polar surface area (TPSA) is 34.1 Å². The summed E-state index contributed by atoms with van der Waals surface area (Å²) in [6.45, 7) is 0. The Morgan fingerprint density at radius 1 is 0.739 bits per heavy atom. The first-order chi connectivity index (χ1) is 11.3. The molecule has 0 saturated carbocycles. The van der Waals surface area contributed by atoms with Crippen LogP contribution in [0.25, 0.3) is 11.1 Å². The molecule has 0 spiro atoms. The second-order valence-electron chi connectivity index (χ2n) is 5.62. The molecule has 3 aromatic carbocycles. The SMILES string of the molecule is O=C1c2c(Cc3ccccc3)cccc2-c2ccccc2[P+]1=O. The molecule has 0 aliphatic carbocycles. The lowest BCUT2D eigenvalue weighted by atomic mass is 9.92. The minimum atomic E-state index is -2.04. The molecule has 110 valence electrons. The highest BCUT2D eigenvalue weighted by Crippen LogP contribution is 2.41. The molecule has 1 aliphatic rings. The first-order valence-electron chi connectivity index (χ1n) is 7.52. The second-order valence-corrected chi connectivity index (χ2v) is 7.10. The van der Waals surface area contributed by atoms with E-state index in [0.717, 1.165) is 22.3 Å².